The molecule has 0 bridgehead atoms. The van der Waals surface area contributed by atoms with Crippen LogP contribution in [0.1, 0.15) is 38.4 Å². The van der Waals surface area contributed by atoms with E-state index in [0.29, 0.717) is 30.3 Å². The summed E-state index contributed by atoms with van der Waals surface area (Å²) in [5, 5.41) is 6.11. The number of amides is 1. The molecule has 150 valence electrons. The number of nitrogens with zero attached hydrogens (tertiary/aromatic N) is 2. The summed E-state index contributed by atoms with van der Waals surface area (Å²) in [4.78, 5) is 21.5. The average Bonchev–Trinajstić information content (AvgIpc) is 2.65. The summed E-state index contributed by atoms with van der Waals surface area (Å²) >= 11 is 0. The number of anilines is 2. The van der Waals surface area contributed by atoms with Gasteiger partial charge in [0, 0.05) is 17.9 Å². The number of hydrogen-bond donors (Lipinski definition) is 2. The van der Waals surface area contributed by atoms with Crippen LogP contribution in [0.2, 0.25) is 0 Å². The van der Waals surface area contributed by atoms with Crippen LogP contribution in [0.3, 0.4) is 0 Å². The van der Waals surface area contributed by atoms with Crippen molar-refractivity contribution in [3.05, 3.63) is 81.9 Å². The second-order valence-corrected chi connectivity index (χ2v) is 7.25. The maximum absolute atomic E-state index is 13.0. The molecule has 5 nitrogen and oxygen atoms in total. The maximum atomic E-state index is 13.0. The lowest BCUT2D eigenvalue weighted by Gasteiger charge is -2.13. The predicted molar refractivity (Wildman–Crippen MR) is 114 cm³/mol. The zero-order valence-corrected chi connectivity index (χ0v) is 17.1. The van der Waals surface area contributed by atoms with Crippen LogP contribution in [0.25, 0.3) is 0 Å². The van der Waals surface area contributed by atoms with Gasteiger partial charge in [-0.05, 0) is 69.0 Å². The molecule has 0 atom stereocenters. The summed E-state index contributed by atoms with van der Waals surface area (Å²) in [7, 11) is 0. The molecule has 2 aromatic carbocycles. The predicted octanol–water partition coefficient (Wildman–Crippen LogP) is 4.76. The van der Waals surface area contributed by atoms with Crippen molar-refractivity contribution in [3.63, 3.8) is 0 Å². The van der Waals surface area contributed by atoms with E-state index < -0.39 is 0 Å². The van der Waals surface area contributed by atoms with Gasteiger partial charge in [-0.15, -0.1) is 0 Å². The summed E-state index contributed by atoms with van der Waals surface area (Å²) in [5.41, 5.74) is 6.01. The summed E-state index contributed by atoms with van der Waals surface area (Å²) in [5.74, 6) is -0.125. The van der Waals surface area contributed by atoms with Crippen molar-refractivity contribution < 1.29 is 9.18 Å². The number of benzene rings is 2. The Morgan fingerprint density at radius 1 is 0.966 bits per heavy atom. The fourth-order valence-electron chi connectivity index (χ4n) is 3.29. The molecule has 0 radical (unpaired) electrons. The molecule has 3 rings (SSSR count). The van der Waals surface area contributed by atoms with E-state index in [0.717, 1.165) is 27.9 Å². The van der Waals surface area contributed by atoms with Crippen LogP contribution in [0, 0.1) is 33.5 Å². The van der Waals surface area contributed by atoms with Gasteiger partial charge in [-0.25, -0.2) is 14.4 Å². The third-order valence-electron chi connectivity index (χ3n) is 4.61. The summed E-state index contributed by atoms with van der Waals surface area (Å²) < 4.78 is 13.0. The van der Waals surface area contributed by atoms with Crippen LogP contribution in [-0.2, 0) is 6.42 Å². The topological polar surface area (TPSA) is 66.9 Å². The average molecular weight is 392 g/mol. The van der Waals surface area contributed by atoms with Crippen molar-refractivity contribution in [1.82, 2.24) is 9.97 Å². The van der Waals surface area contributed by atoms with Gasteiger partial charge in [-0.3, -0.25) is 4.79 Å². The fraction of sp³-hybridized carbons (Fsp3) is 0.261. The summed E-state index contributed by atoms with van der Waals surface area (Å²) in [6.45, 7) is 8.38. The lowest BCUT2D eigenvalue weighted by molar-refractivity contribution is 0.102. The zero-order chi connectivity index (χ0) is 21.0. The molecule has 0 spiro atoms. The molecule has 0 saturated carbocycles. The van der Waals surface area contributed by atoms with E-state index >= 15 is 0 Å². The van der Waals surface area contributed by atoms with Gasteiger partial charge in [-0.2, -0.15) is 0 Å². The second kappa shape index (κ2) is 8.82. The normalized spacial score (nSPS) is 10.7. The minimum absolute atomic E-state index is 0.251. The Hall–Kier alpha value is -3.28. The Kier molecular flexibility index (Phi) is 6.22. The molecular weight excluding hydrogens is 367 g/mol. The highest BCUT2D eigenvalue weighted by Gasteiger charge is 2.14. The molecule has 0 fully saturated rings. The molecule has 2 N–H and O–H groups in total. The third kappa shape index (κ3) is 5.38. The third-order valence-corrected chi connectivity index (χ3v) is 4.61. The number of carbonyl (C=O) groups is 1. The van der Waals surface area contributed by atoms with E-state index in [1.165, 1.54) is 12.1 Å². The van der Waals surface area contributed by atoms with Gasteiger partial charge >= 0.3 is 0 Å². The molecule has 3 aromatic rings. The Morgan fingerprint density at radius 3 is 2.28 bits per heavy atom. The van der Waals surface area contributed by atoms with E-state index in [4.69, 9.17) is 0 Å². The number of rotatable bonds is 6. The van der Waals surface area contributed by atoms with Crippen molar-refractivity contribution in [2.24, 2.45) is 0 Å². The van der Waals surface area contributed by atoms with E-state index in [1.807, 2.05) is 39.8 Å². The summed E-state index contributed by atoms with van der Waals surface area (Å²) in [6.07, 6.45) is 0.695. The highest BCUT2D eigenvalue weighted by atomic mass is 19.1. The van der Waals surface area contributed by atoms with Gasteiger partial charge in [0.15, 0.2) is 0 Å². The van der Waals surface area contributed by atoms with Gasteiger partial charge in [0.25, 0.3) is 5.91 Å². The first-order chi connectivity index (χ1) is 13.8. The second-order valence-electron chi connectivity index (χ2n) is 7.25. The van der Waals surface area contributed by atoms with Crippen LogP contribution >= 0.6 is 0 Å². The van der Waals surface area contributed by atoms with Gasteiger partial charge in [0.2, 0.25) is 5.95 Å². The molecule has 0 aliphatic carbocycles. The molecule has 1 aromatic heterocycles. The van der Waals surface area contributed by atoms with Crippen molar-refractivity contribution in [2.75, 3.05) is 17.2 Å². The standard InChI is InChI=1S/C23H25FN4O/c1-14-11-15(2)21(16(3)12-14)28-22(29)20-13-17(4)26-23(27-20)25-10-9-18-5-7-19(24)8-6-18/h5-8,11-13H,9-10H2,1-4H3,(H,28,29)(H,25,26,27). The number of hydrogen-bond acceptors (Lipinski definition) is 4. The molecule has 6 heteroatoms. The molecule has 1 heterocycles. The van der Waals surface area contributed by atoms with Gasteiger partial charge < -0.3 is 10.6 Å². The first-order valence-electron chi connectivity index (χ1n) is 9.55. The zero-order valence-electron chi connectivity index (χ0n) is 17.1. The molecule has 29 heavy (non-hydrogen) atoms. The quantitative estimate of drug-likeness (QED) is 0.635. The lowest BCUT2D eigenvalue weighted by atomic mass is 10.0. The van der Waals surface area contributed by atoms with E-state index in [9.17, 15) is 9.18 Å². The highest BCUT2D eigenvalue weighted by Crippen LogP contribution is 2.22. The maximum Gasteiger partial charge on any atom is 0.274 e. The molecule has 0 saturated heterocycles. The Balaban J connectivity index is 1.69. The van der Waals surface area contributed by atoms with Crippen LogP contribution in [-0.4, -0.2) is 22.4 Å². The fourth-order valence-corrected chi connectivity index (χ4v) is 3.29. The van der Waals surface area contributed by atoms with Crippen molar-refractivity contribution in [3.8, 4) is 0 Å². The monoisotopic (exact) mass is 392 g/mol. The van der Waals surface area contributed by atoms with Crippen molar-refractivity contribution >= 4 is 17.5 Å². The SMILES string of the molecule is Cc1cc(C)c(NC(=O)c2cc(C)nc(NCCc3ccc(F)cc3)n2)c(C)c1. The van der Waals surface area contributed by atoms with Crippen LogP contribution < -0.4 is 10.6 Å². The first kappa shape index (κ1) is 20.5. The van der Waals surface area contributed by atoms with Gasteiger partial charge in [-0.1, -0.05) is 29.8 Å². The van der Waals surface area contributed by atoms with Crippen molar-refractivity contribution in [2.45, 2.75) is 34.1 Å². The Labute approximate surface area is 170 Å². The minimum atomic E-state index is -0.271. The summed E-state index contributed by atoms with van der Waals surface area (Å²) in [6, 6.07) is 12.1. The van der Waals surface area contributed by atoms with E-state index in [-0.39, 0.29) is 11.7 Å². The minimum Gasteiger partial charge on any atom is -0.354 e. The molecule has 0 unspecified atom stereocenters. The highest BCUT2D eigenvalue weighted by molar-refractivity contribution is 6.04. The number of halogens is 1. The van der Waals surface area contributed by atoms with E-state index in [2.05, 4.69) is 20.6 Å². The van der Waals surface area contributed by atoms with Crippen LogP contribution in [0.4, 0.5) is 16.0 Å². The first-order valence-corrected chi connectivity index (χ1v) is 9.55. The lowest BCUT2D eigenvalue weighted by Crippen LogP contribution is -2.18. The van der Waals surface area contributed by atoms with Crippen molar-refractivity contribution in [1.29, 1.82) is 0 Å². The van der Waals surface area contributed by atoms with Gasteiger partial charge in [0.1, 0.15) is 11.5 Å². The molecule has 0 aliphatic rings. The Morgan fingerprint density at radius 2 is 1.62 bits per heavy atom. The molecule has 1 amide bonds. The molecular formula is C23H25FN4O. The number of aromatic nitrogens is 2. The Bertz CT molecular complexity index is 1010. The number of carbonyl (C=O) groups excluding carboxylic acids is 1. The number of nitrogens with one attached hydrogen (secondary N) is 2. The van der Waals surface area contributed by atoms with Crippen LogP contribution in [0.15, 0.2) is 42.5 Å². The van der Waals surface area contributed by atoms with Gasteiger partial charge in [0.05, 0.1) is 0 Å². The van der Waals surface area contributed by atoms with E-state index in [1.54, 1.807) is 18.2 Å². The molecule has 0 aliphatic heterocycles. The largest absolute Gasteiger partial charge is 0.354 e. The smallest absolute Gasteiger partial charge is 0.274 e. The number of aryl methyl sites for hydroxylation is 4. The van der Waals surface area contributed by atoms with Crippen LogP contribution in [0.5, 0.6) is 0 Å².